The van der Waals surface area contributed by atoms with Crippen molar-refractivity contribution in [3.63, 3.8) is 0 Å². The van der Waals surface area contributed by atoms with Crippen LogP contribution in [0.2, 0.25) is 0 Å². The highest BCUT2D eigenvalue weighted by molar-refractivity contribution is 5.87. The second-order valence-corrected chi connectivity index (χ2v) is 6.96. The summed E-state index contributed by atoms with van der Waals surface area (Å²) in [6, 6.07) is 7.10. The first kappa shape index (κ1) is 16.0. The minimum absolute atomic E-state index is 0.201. The van der Waals surface area contributed by atoms with E-state index in [1.54, 1.807) is 24.3 Å². The number of hydrogen-bond donors (Lipinski definition) is 1. The maximum absolute atomic E-state index is 12.8. The summed E-state index contributed by atoms with van der Waals surface area (Å²) in [7, 11) is 0. The second kappa shape index (κ2) is 7.16. The van der Waals surface area contributed by atoms with Crippen molar-refractivity contribution in [2.24, 2.45) is 5.92 Å². The van der Waals surface area contributed by atoms with Gasteiger partial charge in [-0.3, -0.25) is 4.79 Å². The van der Waals surface area contributed by atoms with Gasteiger partial charge in [0.05, 0.1) is 12.0 Å². The molecule has 23 heavy (non-hydrogen) atoms. The molecule has 2 fully saturated rings. The number of rotatable bonds is 6. The minimum atomic E-state index is -0.930. The number of carbonyl (C=O) groups excluding carboxylic acids is 1. The van der Waals surface area contributed by atoms with E-state index in [1.807, 2.05) is 0 Å². The Kier molecular flexibility index (Phi) is 4.99. The fourth-order valence-corrected chi connectivity index (χ4v) is 3.47. The molecule has 0 radical (unpaired) electrons. The molecule has 2 aliphatic carbocycles. The van der Waals surface area contributed by atoms with E-state index >= 15 is 0 Å². The van der Waals surface area contributed by atoms with Gasteiger partial charge in [-0.05, 0) is 49.3 Å². The van der Waals surface area contributed by atoms with E-state index in [-0.39, 0.29) is 11.5 Å². The lowest BCUT2D eigenvalue weighted by molar-refractivity contribution is -0.133. The summed E-state index contributed by atoms with van der Waals surface area (Å²) < 4.78 is 0. The SMILES string of the molecule is O=C(O)c1ccc(CC(=O)N(CC2CC2)C2CCCCC2)cc1. The van der Waals surface area contributed by atoms with Crippen LogP contribution in [0.25, 0.3) is 0 Å². The molecule has 1 N–H and O–H groups in total. The van der Waals surface area contributed by atoms with Gasteiger partial charge in [0.1, 0.15) is 0 Å². The van der Waals surface area contributed by atoms with Crippen molar-refractivity contribution in [2.75, 3.05) is 6.54 Å². The van der Waals surface area contributed by atoms with E-state index < -0.39 is 5.97 Å². The smallest absolute Gasteiger partial charge is 0.335 e. The van der Waals surface area contributed by atoms with Crippen LogP contribution < -0.4 is 0 Å². The topological polar surface area (TPSA) is 57.6 Å². The van der Waals surface area contributed by atoms with Crippen LogP contribution in [0.15, 0.2) is 24.3 Å². The molecule has 1 amide bonds. The normalized spacial score (nSPS) is 18.6. The molecule has 1 aromatic carbocycles. The fourth-order valence-electron chi connectivity index (χ4n) is 3.47. The van der Waals surface area contributed by atoms with Crippen LogP contribution in [0.3, 0.4) is 0 Å². The summed E-state index contributed by atoms with van der Waals surface area (Å²) in [5.74, 6) is -0.0254. The van der Waals surface area contributed by atoms with Gasteiger partial charge in [-0.1, -0.05) is 31.4 Å². The van der Waals surface area contributed by atoms with Gasteiger partial charge in [-0.2, -0.15) is 0 Å². The van der Waals surface area contributed by atoms with Gasteiger partial charge < -0.3 is 10.0 Å². The summed E-state index contributed by atoms with van der Waals surface area (Å²) in [5, 5.41) is 8.95. The van der Waals surface area contributed by atoms with Gasteiger partial charge in [-0.15, -0.1) is 0 Å². The van der Waals surface area contributed by atoms with E-state index in [0.29, 0.717) is 18.4 Å². The number of carbonyl (C=O) groups is 2. The molecule has 4 nitrogen and oxygen atoms in total. The highest BCUT2D eigenvalue weighted by atomic mass is 16.4. The number of benzene rings is 1. The lowest BCUT2D eigenvalue weighted by atomic mass is 9.93. The van der Waals surface area contributed by atoms with Crippen molar-refractivity contribution >= 4 is 11.9 Å². The Balaban J connectivity index is 1.65. The van der Waals surface area contributed by atoms with Crippen LogP contribution >= 0.6 is 0 Å². The zero-order valence-electron chi connectivity index (χ0n) is 13.5. The molecule has 3 rings (SSSR count). The van der Waals surface area contributed by atoms with Crippen LogP contribution in [0, 0.1) is 5.92 Å². The molecule has 4 heteroatoms. The number of hydrogen-bond acceptors (Lipinski definition) is 2. The quantitative estimate of drug-likeness (QED) is 0.874. The molecule has 124 valence electrons. The molecule has 0 saturated heterocycles. The molecule has 0 atom stereocenters. The Morgan fingerprint density at radius 2 is 1.65 bits per heavy atom. The van der Waals surface area contributed by atoms with Crippen LogP contribution in [-0.2, 0) is 11.2 Å². The Morgan fingerprint density at radius 3 is 2.22 bits per heavy atom. The Labute approximate surface area is 137 Å². The minimum Gasteiger partial charge on any atom is -0.478 e. The molecule has 0 unspecified atom stereocenters. The van der Waals surface area contributed by atoms with Crippen LogP contribution in [0.5, 0.6) is 0 Å². The molecule has 1 aromatic rings. The van der Waals surface area contributed by atoms with Crippen molar-refractivity contribution in [3.05, 3.63) is 35.4 Å². The van der Waals surface area contributed by atoms with Gasteiger partial charge in [-0.25, -0.2) is 4.79 Å². The van der Waals surface area contributed by atoms with Gasteiger partial charge >= 0.3 is 5.97 Å². The first-order valence-electron chi connectivity index (χ1n) is 8.75. The molecular weight excluding hydrogens is 290 g/mol. The summed E-state index contributed by atoms with van der Waals surface area (Å²) in [6.45, 7) is 0.913. The summed E-state index contributed by atoms with van der Waals surface area (Å²) in [5.41, 5.74) is 1.17. The number of carboxylic acids is 1. The fraction of sp³-hybridized carbons (Fsp3) is 0.579. The average molecular weight is 315 g/mol. The Hall–Kier alpha value is -1.84. The lowest BCUT2D eigenvalue weighted by Gasteiger charge is -2.34. The van der Waals surface area contributed by atoms with Gasteiger partial charge in [0, 0.05) is 12.6 Å². The lowest BCUT2D eigenvalue weighted by Crippen LogP contribution is -2.43. The van der Waals surface area contributed by atoms with Gasteiger partial charge in [0.25, 0.3) is 0 Å². The van der Waals surface area contributed by atoms with Crippen molar-refractivity contribution in [2.45, 2.75) is 57.4 Å². The first-order chi connectivity index (χ1) is 11.1. The number of aromatic carboxylic acids is 1. The van der Waals surface area contributed by atoms with Gasteiger partial charge in [0.2, 0.25) is 5.91 Å². The highest BCUT2D eigenvalue weighted by Crippen LogP contribution is 2.33. The second-order valence-electron chi connectivity index (χ2n) is 6.96. The molecule has 0 heterocycles. The average Bonchev–Trinajstić information content (AvgIpc) is 3.38. The van der Waals surface area contributed by atoms with Crippen LogP contribution in [-0.4, -0.2) is 34.5 Å². The summed E-state index contributed by atoms with van der Waals surface area (Å²) in [4.78, 5) is 25.8. The maximum atomic E-state index is 12.8. The number of carboxylic acid groups (broad SMARTS) is 1. The number of nitrogens with zero attached hydrogens (tertiary/aromatic N) is 1. The van der Waals surface area contributed by atoms with E-state index in [4.69, 9.17) is 5.11 Å². The van der Waals surface area contributed by atoms with E-state index in [0.717, 1.165) is 24.9 Å². The molecule has 0 spiro atoms. The maximum Gasteiger partial charge on any atom is 0.335 e. The highest BCUT2D eigenvalue weighted by Gasteiger charge is 2.31. The standard InChI is InChI=1S/C19H25NO3/c21-18(12-14-8-10-16(11-9-14)19(22)23)20(13-15-6-7-15)17-4-2-1-3-5-17/h8-11,15,17H,1-7,12-13H2,(H,22,23). The molecule has 2 saturated carbocycles. The van der Waals surface area contributed by atoms with Crippen molar-refractivity contribution in [1.29, 1.82) is 0 Å². The summed E-state index contributed by atoms with van der Waals surface area (Å²) >= 11 is 0. The molecule has 0 aromatic heterocycles. The third-order valence-electron chi connectivity index (χ3n) is 5.04. The van der Waals surface area contributed by atoms with Crippen molar-refractivity contribution < 1.29 is 14.7 Å². The molecule has 0 aliphatic heterocycles. The summed E-state index contributed by atoms with van der Waals surface area (Å²) in [6.07, 6.45) is 8.90. The van der Waals surface area contributed by atoms with Crippen LogP contribution in [0.4, 0.5) is 0 Å². The van der Waals surface area contributed by atoms with E-state index in [9.17, 15) is 9.59 Å². The molecular formula is C19H25NO3. The van der Waals surface area contributed by atoms with E-state index in [2.05, 4.69) is 4.90 Å². The number of amides is 1. The largest absolute Gasteiger partial charge is 0.478 e. The van der Waals surface area contributed by atoms with E-state index in [1.165, 1.54) is 32.1 Å². The Bertz CT molecular complexity index is 556. The zero-order chi connectivity index (χ0) is 16.2. The van der Waals surface area contributed by atoms with Crippen LogP contribution in [0.1, 0.15) is 60.9 Å². The predicted octanol–water partition coefficient (Wildman–Crippen LogP) is 3.50. The predicted molar refractivity (Wildman–Crippen MR) is 88.4 cm³/mol. The molecule has 0 bridgehead atoms. The monoisotopic (exact) mass is 315 g/mol. The zero-order valence-corrected chi connectivity index (χ0v) is 13.5. The third kappa shape index (κ3) is 4.34. The van der Waals surface area contributed by atoms with Crippen molar-refractivity contribution in [3.8, 4) is 0 Å². The first-order valence-corrected chi connectivity index (χ1v) is 8.75. The van der Waals surface area contributed by atoms with Crippen molar-refractivity contribution in [1.82, 2.24) is 4.90 Å². The van der Waals surface area contributed by atoms with Gasteiger partial charge in [0.15, 0.2) is 0 Å². The molecule has 2 aliphatic rings. The Morgan fingerprint density at radius 1 is 1.00 bits per heavy atom. The third-order valence-corrected chi connectivity index (χ3v) is 5.04.